The van der Waals surface area contributed by atoms with Crippen molar-refractivity contribution in [2.24, 2.45) is 0 Å². The molecule has 1 heterocycles. The average Bonchev–Trinajstić information content (AvgIpc) is 2.60. The van der Waals surface area contributed by atoms with E-state index in [4.69, 9.17) is 22.9 Å². The molecular formula is C15H25NO5Si. The van der Waals surface area contributed by atoms with Crippen LogP contribution in [-0.2, 0) is 18.0 Å². The second-order valence-corrected chi connectivity index (χ2v) is 7.59. The van der Waals surface area contributed by atoms with Gasteiger partial charge in [0.1, 0.15) is 0 Å². The Morgan fingerprint density at radius 2 is 1.68 bits per heavy atom. The van der Waals surface area contributed by atoms with E-state index in [-0.39, 0.29) is 0 Å². The first-order chi connectivity index (χ1) is 10.6. The number of rotatable bonds is 6. The summed E-state index contributed by atoms with van der Waals surface area (Å²) in [5.74, 6) is 1.44. The van der Waals surface area contributed by atoms with Crippen LogP contribution in [0.25, 0.3) is 6.08 Å². The number of fused-ring (bicyclic) bond motifs is 1. The van der Waals surface area contributed by atoms with Crippen LogP contribution in [0.4, 0.5) is 0 Å². The minimum absolute atomic E-state index is 0.619. The fourth-order valence-corrected chi connectivity index (χ4v) is 3.66. The van der Waals surface area contributed by atoms with Gasteiger partial charge in [0, 0.05) is 39.0 Å². The Bertz CT molecular complexity index is 468. The van der Waals surface area contributed by atoms with Crippen LogP contribution in [0, 0.1) is 0 Å². The highest BCUT2D eigenvalue weighted by molar-refractivity contribution is 6.60. The summed E-state index contributed by atoms with van der Waals surface area (Å²) >= 11 is 0. The fraction of sp³-hybridized carbons (Fsp3) is 0.467. The van der Waals surface area contributed by atoms with Crippen LogP contribution < -0.4 is 10.3 Å². The van der Waals surface area contributed by atoms with E-state index < -0.39 is 8.80 Å². The van der Waals surface area contributed by atoms with Gasteiger partial charge in [-0.25, -0.2) is 0 Å². The minimum atomic E-state index is -2.22. The molecule has 22 heavy (non-hydrogen) atoms. The van der Waals surface area contributed by atoms with Crippen molar-refractivity contribution in [2.75, 3.05) is 28.4 Å². The summed E-state index contributed by atoms with van der Waals surface area (Å²) in [6, 6.07) is 8.63. The SMILES string of the molecule is CCC[Si](OC)(OC)OC.COC1=Cc2ccccc2ON1. The maximum atomic E-state index is 5.18. The van der Waals surface area contributed by atoms with E-state index in [2.05, 4.69) is 12.4 Å². The Labute approximate surface area is 133 Å². The molecule has 124 valence electrons. The second kappa shape index (κ2) is 9.47. The van der Waals surface area contributed by atoms with Gasteiger partial charge in [-0.05, 0) is 6.07 Å². The lowest BCUT2D eigenvalue weighted by molar-refractivity contribution is 0.123. The van der Waals surface area contributed by atoms with Crippen molar-refractivity contribution in [2.45, 2.75) is 19.4 Å². The molecule has 0 radical (unpaired) electrons. The van der Waals surface area contributed by atoms with E-state index in [9.17, 15) is 0 Å². The van der Waals surface area contributed by atoms with Crippen molar-refractivity contribution in [3.8, 4) is 5.75 Å². The summed E-state index contributed by atoms with van der Waals surface area (Å²) in [4.78, 5) is 5.18. The molecule has 0 fully saturated rings. The predicted molar refractivity (Wildman–Crippen MR) is 87.1 cm³/mol. The van der Waals surface area contributed by atoms with Crippen LogP contribution in [-0.4, -0.2) is 37.2 Å². The summed E-state index contributed by atoms with van der Waals surface area (Å²) in [5, 5.41) is 0. The number of nitrogens with one attached hydrogen (secondary N) is 1. The summed E-state index contributed by atoms with van der Waals surface area (Å²) in [6.45, 7) is 2.08. The molecule has 1 aromatic carbocycles. The molecule has 0 amide bonds. The molecule has 1 aliphatic heterocycles. The summed E-state index contributed by atoms with van der Waals surface area (Å²) < 4.78 is 20.5. The molecule has 0 saturated heterocycles. The minimum Gasteiger partial charge on any atom is -0.481 e. The molecule has 0 saturated carbocycles. The summed E-state index contributed by atoms with van der Waals surface area (Å²) in [5.41, 5.74) is 3.69. The second-order valence-electron chi connectivity index (χ2n) is 4.50. The van der Waals surface area contributed by atoms with Gasteiger partial charge in [0.05, 0.1) is 7.11 Å². The molecule has 2 rings (SSSR count). The Kier molecular flexibility index (Phi) is 7.97. The molecular weight excluding hydrogens is 302 g/mol. The zero-order chi connectivity index (χ0) is 16.4. The highest BCUT2D eigenvalue weighted by atomic mass is 28.4. The third kappa shape index (κ3) is 5.02. The molecule has 0 atom stereocenters. The number of ether oxygens (including phenoxy) is 1. The van der Waals surface area contributed by atoms with Crippen molar-refractivity contribution in [3.05, 3.63) is 35.7 Å². The monoisotopic (exact) mass is 327 g/mol. The van der Waals surface area contributed by atoms with Crippen molar-refractivity contribution in [1.29, 1.82) is 0 Å². The van der Waals surface area contributed by atoms with Gasteiger partial charge >= 0.3 is 8.80 Å². The van der Waals surface area contributed by atoms with E-state index >= 15 is 0 Å². The lowest BCUT2D eigenvalue weighted by atomic mass is 10.2. The van der Waals surface area contributed by atoms with E-state index in [0.717, 1.165) is 23.8 Å². The first kappa shape index (κ1) is 18.5. The lowest BCUT2D eigenvalue weighted by Crippen LogP contribution is -2.42. The molecule has 0 unspecified atom stereocenters. The van der Waals surface area contributed by atoms with Crippen LogP contribution in [0.3, 0.4) is 0 Å². The normalized spacial score (nSPS) is 12.9. The van der Waals surface area contributed by atoms with Crippen molar-refractivity contribution < 1.29 is 22.9 Å². The number of hydrogen-bond donors (Lipinski definition) is 1. The Morgan fingerprint density at radius 3 is 2.18 bits per heavy atom. The number of methoxy groups -OCH3 is 1. The summed E-state index contributed by atoms with van der Waals surface area (Å²) in [6.07, 6.45) is 2.92. The van der Waals surface area contributed by atoms with Gasteiger partial charge in [0.25, 0.3) is 0 Å². The van der Waals surface area contributed by atoms with E-state index in [1.807, 2.05) is 30.3 Å². The predicted octanol–water partition coefficient (Wildman–Crippen LogP) is 2.80. The topological polar surface area (TPSA) is 58.2 Å². The Morgan fingerprint density at radius 1 is 1.05 bits per heavy atom. The maximum absolute atomic E-state index is 5.18. The van der Waals surface area contributed by atoms with E-state index in [0.29, 0.717) is 5.88 Å². The molecule has 0 aromatic heterocycles. The molecule has 0 aliphatic carbocycles. The molecule has 1 aliphatic rings. The van der Waals surface area contributed by atoms with Gasteiger partial charge in [-0.15, -0.1) is 0 Å². The lowest BCUT2D eigenvalue weighted by Gasteiger charge is -2.23. The fourth-order valence-electron chi connectivity index (χ4n) is 1.93. The van der Waals surface area contributed by atoms with E-state index in [1.165, 1.54) is 0 Å². The third-order valence-electron chi connectivity index (χ3n) is 3.18. The summed E-state index contributed by atoms with van der Waals surface area (Å²) in [7, 11) is 4.28. The van der Waals surface area contributed by atoms with Gasteiger partial charge in [-0.3, -0.25) is 0 Å². The molecule has 0 bridgehead atoms. The number of hydrogen-bond acceptors (Lipinski definition) is 6. The third-order valence-corrected chi connectivity index (χ3v) is 6.15. The zero-order valence-electron chi connectivity index (χ0n) is 13.8. The highest BCUT2D eigenvalue weighted by Gasteiger charge is 2.36. The average molecular weight is 327 g/mol. The molecule has 7 heteroatoms. The van der Waals surface area contributed by atoms with Crippen LogP contribution in [0.2, 0.25) is 6.04 Å². The van der Waals surface area contributed by atoms with E-state index in [1.54, 1.807) is 28.4 Å². The molecule has 1 aromatic rings. The van der Waals surface area contributed by atoms with Gasteiger partial charge in [-0.1, -0.05) is 31.5 Å². The van der Waals surface area contributed by atoms with Gasteiger partial charge < -0.3 is 22.9 Å². The van der Waals surface area contributed by atoms with Crippen LogP contribution in [0.5, 0.6) is 5.75 Å². The smallest absolute Gasteiger partial charge is 0.481 e. The Balaban J connectivity index is 0.000000225. The van der Waals surface area contributed by atoms with Gasteiger partial charge in [-0.2, -0.15) is 5.48 Å². The first-order valence-electron chi connectivity index (χ1n) is 7.07. The van der Waals surface area contributed by atoms with Gasteiger partial charge in [0.15, 0.2) is 5.75 Å². The van der Waals surface area contributed by atoms with Crippen molar-refractivity contribution in [1.82, 2.24) is 5.48 Å². The van der Waals surface area contributed by atoms with Crippen molar-refractivity contribution >= 4 is 14.9 Å². The number of benzene rings is 1. The first-order valence-corrected chi connectivity index (χ1v) is 9.00. The zero-order valence-corrected chi connectivity index (χ0v) is 14.8. The standard InChI is InChI=1S/C9H9NO2.C6H16O3Si/c1-11-9-6-7-4-2-3-5-8(7)12-10-9;1-5-6-10(7-2,8-3)9-4/h2-6,10H,1H3;5-6H2,1-4H3. The quantitative estimate of drug-likeness (QED) is 0.811. The Hall–Kier alpha value is -1.54. The van der Waals surface area contributed by atoms with Crippen LogP contribution in [0.15, 0.2) is 30.1 Å². The molecule has 1 N–H and O–H groups in total. The number of hydroxylamine groups is 1. The van der Waals surface area contributed by atoms with Crippen LogP contribution in [0.1, 0.15) is 18.9 Å². The molecule has 0 spiro atoms. The van der Waals surface area contributed by atoms with Gasteiger partial charge in [0.2, 0.25) is 5.88 Å². The largest absolute Gasteiger partial charge is 0.500 e. The van der Waals surface area contributed by atoms with Crippen LogP contribution >= 0.6 is 0 Å². The molecule has 6 nitrogen and oxygen atoms in total. The van der Waals surface area contributed by atoms with Crippen molar-refractivity contribution in [3.63, 3.8) is 0 Å². The number of para-hydroxylation sites is 1. The maximum Gasteiger partial charge on any atom is 0.500 e. The highest BCUT2D eigenvalue weighted by Crippen LogP contribution is 2.23.